The van der Waals surface area contributed by atoms with Crippen LogP contribution < -0.4 is 0 Å². The van der Waals surface area contributed by atoms with Crippen molar-refractivity contribution in [1.82, 2.24) is 9.55 Å². The van der Waals surface area contributed by atoms with Crippen LogP contribution in [0.4, 0.5) is 0 Å². The Morgan fingerprint density at radius 3 is 2.71 bits per heavy atom. The lowest BCUT2D eigenvalue weighted by Gasteiger charge is -2.07. The smallest absolute Gasteiger partial charge is 0.150 e. The molecule has 1 aromatic carbocycles. The van der Waals surface area contributed by atoms with Crippen LogP contribution in [0.25, 0.3) is 11.4 Å². The van der Waals surface area contributed by atoms with E-state index in [-0.39, 0.29) is 0 Å². The Morgan fingerprint density at radius 1 is 1.29 bits per heavy atom. The lowest BCUT2D eigenvalue weighted by atomic mass is 10.1. The van der Waals surface area contributed by atoms with E-state index in [2.05, 4.69) is 16.5 Å². The van der Waals surface area contributed by atoms with E-state index < -0.39 is 0 Å². The zero-order chi connectivity index (χ0) is 12.1. The predicted octanol–water partition coefficient (Wildman–Crippen LogP) is 3.16. The number of rotatable bonds is 5. The number of nitrogens with zero attached hydrogens (tertiary/aromatic N) is 2. The number of unbranched alkanes of at least 4 members (excludes halogenated alkanes) is 1. The second-order valence-corrected chi connectivity index (χ2v) is 4.04. The molecule has 0 atom stereocenters. The normalized spacial score (nSPS) is 10.4. The molecule has 3 nitrogen and oxygen atoms in total. The van der Waals surface area contributed by atoms with Crippen molar-refractivity contribution in [2.24, 2.45) is 0 Å². The summed E-state index contributed by atoms with van der Waals surface area (Å²) in [5, 5.41) is 0. The minimum atomic E-state index is 0.695. The quantitative estimate of drug-likeness (QED) is 0.737. The largest absolute Gasteiger partial charge is 0.331 e. The number of imidazole rings is 1. The molecule has 1 aromatic heterocycles. The molecular weight excluding hydrogens is 212 g/mol. The highest BCUT2D eigenvalue weighted by atomic mass is 16.1. The van der Waals surface area contributed by atoms with E-state index >= 15 is 0 Å². The zero-order valence-electron chi connectivity index (χ0n) is 9.97. The average Bonchev–Trinajstić information content (AvgIpc) is 2.84. The maximum Gasteiger partial charge on any atom is 0.150 e. The van der Waals surface area contributed by atoms with Gasteiger partial charge in [-0.3, -0.25) is 4.79 Å². The van der Waals surface area contributed by atoms with Crippen LogP contribution in [0.2, 0.25) is 0 Å². The van der Waals surface area contributed by atoms with Crippen LogP contribution in [0, 0.1) is 0 Å². The van der Waals surface area contributed by atoms with Crippen LogP contribution in [0.1, 0.15) is 30.1 Å². The van der Waals surface area contributed by atoms with Crippen molar-refractivity contribution in [2.75, 3.05) is 0 Å². The lowest BCUT2D eigenvalue weighted by molar-refractivity contribution is 0.112. The molecule has 2 rings (SSSR count). The molecule has 0 aliphatic rings. The molecule has 1 heterocycles. The maximum atomic E-state index is 10.6. The van der Waals surface area contributed by atoms with Crippen molar-refractivity contribution in [2.45, 2.75) is 26.3 Å². The van der Waals surface area contributed by atoms with Gasteiger partial charge in [-0.1, -0.05) is 37.6 Å². The molecule has 17 heavy (non-hydrogen) atoms. The molecule has 0 spiro atoms. The fourth-order valence-electron chi connectivity index (χ4n) is 1.79. The molecule has 0 amide bonds. The van der Waals surface area contributed by atoms with Gasteiger partial charge in [0.1, 0.15) is 12.1 Å². The maximum absolute atomic E-state index is 10.6. The number of carbonyl (C=O) groups excluding carboxylic acids is 1. The van der Waals surface area contributed by atoms with Crippen LogP contribution in [-0.2, 0) is 6.54 Å². The van der Waals surface area contributed by atoms with Crippen molar-refractivity contribution >= 4 is 6.29 Å². The molecule has 3 heteroatoms. The predicted molar refractivity (Wildman–Crippen MR) is 68.0 cm³/mol. The van der Waals surface area contributed by atoms with Gasteiger partial charge in [0.05, 0.1) is 0 Å². The Kier molecular flexibility index (Phi) is 3.70. The van der Waals surface area contributed by atoms with Crippen LogP contribution in [0.5, 0.6) is 0 Å². The van der Waals surface area contributed by atoms with E-state index in [1.165, 1.54) is 6.42 Å². The molecule has 0 aliphatic heterocycles. The number of hydrogen-bond acceptors (Lipinski definition) is 2. The Bertz CT molecular complexity index is 485. The molecule has 0 bridgehead atoms. The highest BCUT2D eigenvalue weighted by Crippen LogP contribution is 2.18. The van der Waals surface area contributed by atoms with Gasteiger partial charge >= 0.3 is 0 Å². The van der Waals surface area contributed by atoms with E-state index in [0.29, 0.717) is 5.56 Å². The summed E-state index contributed by atoms with van der Waals surface area (Å²) in [5.74, 6) is 0.968. The fraction of sp³-hybridized carbons (Fsp3) is 0.286. The van der Waals surface area contributed by atoms with Crippen molar-refractivity contribution in [3.8, 4) is 11.4 Å². The van der Waals surface area contributed by atoms with Gasteiger partial charge in [-0.2, -0.15) is 0 Å². The molecule has 0 radical (unpaired) electrons. The van der Waals surface area contributed by atoms with Crippen molar-refractivity contribution < 1.29 is 4.79 Å². The van der Waals surface area contributed by atoms with Crippen LogP contribution in [0.15, 0.2) is 36.7 Å². The minimum Gasteiger partial charge on any atom is -0.331 e. The molecule has 0 N–H and O–H groups in total. The van der Waals surface area contributed by atoms with Crippen molar-refractivity contribution in [3.63, 3.8) is 0 Å². The van der Waals surface area contributed by atoms with Gasteiger partial charge in [0.15, 0.2) is 0 Å². The highest BCUT2D eigenvalue weighted by molar-refractivity contribution is 5.76. The van der Waals surface area contributed by atoms with Crippen LogP contribution in [0.3, 0.4) is 0 Å². The second-order valence-electron chi connectivity index (χ2n) is 4.04. The van der Waals surface area contributed by atoms with Gasteiger partial charge in [0.2, 0.25) is 0 Å². The molecule has 0 aliphatic carbocycles. The number of aromatic nitrogens is 2. The van der Waals surface area contributed by atoms with E-state index in [1.807, 2.05) is 36.7 Å². The van der Waals surface area contributed by atoms with Crippen LogP contribution in [-0.4, -0.2) is 15.8 Å². The Balaban J connectivity index is 2.25. The SMILES string of the molecule is CCCCn1ccnc1-c1ccc(C=O)cc1. The summed E-state index contributed by atoms with van der Waals surface area (Å²) in [4.78, 5) is 15.0. The van der Waals surface area contributed by atoms with Gasteiger partial charge < -0.3 is 4.57 Å². The first-order valence-electron chi connectivity index (χ1n) is 5.92. The van der Waals surface area contributed by atoms with Crippen molar-refractivity contribution in [1.29, 1.82) is 0 Å². The number of carbonyl (C=O) groups is 1. The third-order valence-corrected chi connectivity index (χ3v) is 2.77. The number of aryl methyl sites for hydroxylation is 1. The molecule has 0 saturated carbocycles. The number of benzene rings is 1. The van der Waals surface area contributed by atoms with Crippen LogP contribution >= 0.6 is 0 Å². The molecule has 0 saturated heterocycles. The van der Waals surface area contributed by atoms with E-state index in [1.54, 1.807) is 0 Å². The average molecular weight is 228 g/mol. The summed E-state index contributed by atoms with van der Waals surface area (Å²) >= 11 is 0. The Morgan fingerprint density at radius 2 is 2.06 bits per heavy atom. The minimum absolute atomic E-state index is 0.695. The third kappa shape index (κ3) is 2.61. The highest BCUT2D eigenvalue weighted by Gasteiger charge is 2.05. The topological polar surface area (TPSA) is 34.9 Å². The van der Waals surface area contributed by atoms with Gasteiger partial charge in [-0.05, 0) is 6.42 Å². The first-order valence-corrected chi connectivity index (χ1v) is 5.92. The summed E-state index contributed by atoms with van der Waals surface area (Å²) in [6, 6.07) is 7.52. The van der Waals surface area contributed by atoms with E-state index in [9.17, 15) is 4.79 Å². The first kappa shape index (κ1) is 11.6. The first-order chi connectivity index (χ1) is 8.35. The van der Waals surface area contributed by atoms with Crippen molar-refractivity contribution in [3.05, 3.63) is 42.2 Å². The standard InChI is InChI=1S/C14H16N2O/c1-2-3-9-16-10-8-15-14(16)13-6-4-12(11-17)5-7-13/h4-8,10-11H,2-3,9H2,1H3. The summed E-state index contributed by atoms with van der Waals surface area (Å²) in [5.41, 5.74) is 1.75. The zero-order valence-corrected chi connectivity index (χ0v) is 9.97. The summed E-state index contributed by atoms with van der Waals surface area (Å²) < 4.78 is 2.15. The summed E-state index contributed by atoms with van der Waals surface area (Å²) in [6.45, 7) is 3.16. The summed E-state index contributed by atoms with van der Waals surface area (Å²) in [7, 11) is 0. The fourth-order valence-corrected chi connectivity index (χ4v) is 1.79. The lowest BCUT2D eigenvalue weighted by Crippen LogP contribution is -1.99. The van der Waals surface area contributed by atoms with Gasteiger partial charge in [0.25, 0.3) is 0 Å². The van der Waals surface area contributed by atoms with E-state index in [0.717, 1.165) is 30.6 Å². The molecule has 0 fully saturated rings. The Hall–Kier alpha value is -1.90. The number of aldehydes is 1. The number of hydrogen-bond donors (Lipinski definition) is 0. The Labute approximate surface area is 101 Å². The monoisotopic (exact) mass is 228 g/mol. The third-order valence-electron chi connectivity index (χ3n) is 2.77. The van der Waals surface area contributed by atoms with Gasteiger partial charge in [0, 0.05) is 30.1 Å². The van der Waals surface area contributed by atoms with Gasteiger partial charge in [-0.15, -0.1) is 0 Å². The molecule has 0 unspecified atom stereocenters. The molecular formula is C14H16N2O. The molecule has 2 aromatic rings. The molecule has 88 valence electrons. The van der Waals surface area contributed by atoms with E-state index in [4.69, 9.17) is 0 Å². The van der Waals surface area contributed by atoms with Gasteiger partial charge in [-0.25, -0.2) is 4.98 Å². The summed E-state index contributed by atoms with van der Waals surface area (Å²) in [6.07, 6.45) is 6.99. The second kappa shape index (κ2) is 5.43.